The van der Waals surface area contributed by atoms with E-state index in [2.05, 4.69) is 14.9 Å². The van der Waals surface area contributed by atoms with Crippen LogP contribution in [0, 0.1) is 12.8 Å². The number of carbonyl (C=O) groups is 2. The van der Waals surface area contributed by atoms with Crippen molar-refractivity contribution < 1.29 is 14.7 Å². The van der Waals surface area contributed by atoms with Crippen LogP contribution >= 0.6 is 0 Å². The number of likely N-dealkylation sites (tertiary alicyclic amines) is 1. The molecule has 152 valence electrons. The zero-order valence-electron chi connectivity index (χ0n) is 16.6. The summed E-state index contributed by atoms with van der Waals surface area (Å²) in [7, 11) is 0. The van der Waals surface area contributed by atoms with Gasteiger partial charge >= 0.3 is 0 Å². The second-order valence-corrected chi connectivity index (χ2v) is 8.57. The Bertz CT molecular complexity index is 970. The highest BCUT2D eigenvalue weighted by Gasteiger charge is 2.51. The predicted octanol–water partition coefficient (Wildman–Crippen LogP) is 2.35. The number of carbonyl (C=O) groups excluding carboxylic acids is 2. The first kappa shape index (κ1) is 18.2. The molecule has 3 aliphatic rings. The third-order valence-electron chi connectivity index (χ3n) is 6.79. The van der Waals surface area contributed by atoms with E-state index in [9.17, 15) is 14.7 Å². The van der Waals surface area contributed by atoms with E-state index in [0.717, 1.165) is 36.2 Å². The Morgan fingerprint density at radius 1 is 1.21 bits per heavy atom. The van der Waals surface area contributed by atoms with Crippen LogP contribution in [0.4, 0.5) is 0 Å². The number of aromatic amines is 1. The van der Waals surface area contributed by atoms with Crippen molar-refractivity contribution in [3.05, 3.63) is 47.0 Å². The minimum Gasteiger partial charge on any atom is -0.508 e. The number of aromatic nitrogens is 2. The van der Waals surface area contributed by atoms with Gasteiger partial charge in [0.25, 0.3) is 5.91 Å². The molecule has 1 aliphatic carbocycles. The van der Waals surface area contributed by atoms with Crippen molar-refractivity contribution in [1.82, 2.24) is 19.8 Å². The molecule has 1 saturated carbocycles. The third kappa shape index (κ3) is 2.91. The summed E-state index contributed by atoms with van der Waals surface area (Å²) in [6.07, 6.45) is 5.88. The summed E-state index contributed by atoms with van der Waals surface area (Å²) < 4.78 is 0. The number of benzene rings is 1. The van der Waals surface area contributed by atoms with Gasteiger partial charge in [0.2, 0.25) is 5.91 Å². The maximum atomic E-state index is 13.1. The molecule has 2 aliphatic heterocycles. The molecule has 1 saturated heterocycles. The lowest BCUT2D eigenvalue weighted by molar-refractivity contribution is -0.143. The molecule has 5 rings (SSSR count). The molecule has 3 heterocycles. The van der Waals surface area contributed by atoms with Gasteiger partial charge in [-0.15, -0.1) is 0 Å². The molecule has 1 aromatic carbocycles. The molecule has 2 N–H and O–H groups in total. The second kappa shape index (κ2) is 6.61. The Hall–Kier alpha value is -2.83. The number of hydrogen-bond acceptors (Lipinski definition) is 4. The topological polar surface area (TPSA) is 89.5 Å². The Morgan fingerprint density at radius 2 is 1.97 bits per heavy atom. The highest BCUT2D eigenvalue weighted by Crippen LogP contribution is 2.45. The van der Waals surface area contributed by atoms with Crippen LogP contribution in [-0.2, 0) is 16.8 Å². The Morgan fingerprint density at radius 3 is 2.66 bits per heavy atom. The van der Waals surface area contributed by atoms with Crippen LogP contribution in [0.1, 0.15) is 53.0 Å². The van der Waals surface area contributed by atoms with Crippen molar-refractivity contribution >= 4 is 11.8 Å². The standard InChI is InChI=1S/C22H26N4O3/c1-14-2-3-16(12-18(14)27)20(28)25-10-7-22(8-11-25)19-17(23-13-24-19)6-9-26(22)21(29)15-4-5-15/h2-3,12-13,15,27H,4-11H2,1H3,(H,23,24). The summed E-state index contributed by atoms with van der Waals surface area (Å²) in [6.45, 7) is 3.65. The molecule has 7 heteroatoms. The van der Waals surface area contributed by atoms with Crippen LogP contribution in [0.5, 0.6) is 5.75 Å². The van der Waals surface area contributed by atoms with Crippen molar-refractivity contribution in [2.75, 3.05) is 19.6 Å². The summed E-state index contributed by atoms with van der Waals surface area (Å²) in [5.41, 5.74) is 2.94. The number of nitrogens with one attached hydrogen (secondary N) is 1. The molecular weight excluding hydrogens is 368 g/mol. The molecule has 0 atom stereocenters. The first-order valence-corrected chi connectivity index (χ1v) is 10.4. The van der Waals surface area contributed by atoms with Gasteiger partial charge < -0.3 is 19.9 Å². The smallest absolute Gasteiger partial charge is 0.253 e. The molecule has 0 radical (unpaired) electrons. The van der Waals surface area contributed by atoms with E-state index in [0.29, 0.717) is 38.0 Å². The van der Waals surface area contributed by atoms with E-state index >= 15 is 0 Å². The van der Waals surface area contributed by atoms with E-state index in [1.54, 1.807) is 18.5 Å². The normalized spacial score (nSPS) is 20.6. The average Bonchev–Trinajstić information content (AvgIpc) is 3.47. The summed E-state index contributed by atoms with van der Waals surface area (Å²) in [6, 6.07) is 5.07. The third-order valence-corrected chi connectivity index (χ3v) is 6.79. The zero-order chi connectivity index (χ0) is 20.2. The number of aryl methyl sites for hydroxylation is 1. The lowest BCUT2D eigenvalue weighted by Crippen LogP contribution is -2.59. The minimum atomic E-state index is -0.417. The van der Waals surface area contributed by atoms with Gasteiger partial charge in [0.15, 0.2) is 0 Å². The van der Waals surface area contributed by atoms with Gasteiger partial charge in [-0.1, -0.05) is 6.07 Å². The van der Waals surface area contributed by atoms with Gasteiger partial charge in [-0.05, 0) is 50.3 Å². The number of amides is 2. The lowest BCUT2D eigenvalue weighted by Gasteiger charge is -2.50. The van der Waals surface area contributed by atoms with E-state index in [1.165, 1.54) is 6.07 Å². The van der Waals surface area contributed by atoms with Crippen molar-refractivity contribution in [3.63, 3.8) is 0 Å². The highest BCUT2D eigenvalue weighted by atomic mass is 16.3. The van der Waals surface area contributed by atoms with Crippen molar-refractivity contribution in [2.24, 2.45) is 5.92 Å². The minimum absolute atomic E-state index is 0.0757. The van der Waals surface area contributed by atoms with Crippen molar-refractivity contribution in [3.8, 4) is 5.75 Å². The number of hydrogen-bond donors (Lipinski definition) is 2. The lowest BCUT2D eigenvalue weighted by atomic mass is 9.78. The Labute approximate surface area is 169 Å². The maximum absolute atomic E-state index is 13.1. The number of H-pyrrole nitrogens is 1. The first-order chi connectivity index (χ1) is 14.0. The number of rotatable bonds is 2. The van der Waals surface area contributed by atoms with Gasteiger partial charge in [0.05, 0.1) is 17.6 Å². The number of nitrogens with zero attached hydrogens (tertiary/aromatic N) is 3. The SMILES string of the molecule is Cc1ccc(C(=O)N2CCC3(CC2)c2nc[nH]c2CCN3C(=O)C2CC2)cc1O. The van der Waals surface area contributed by atoms with E-state index in [-0.39, 0.29) is 23.5 Å². The largest absolute Gasteiger partial charge is 0.508 e. The molecule has 2 aromatic rings. The zero-order valence-corrected chi connectivity index (χ0v) is 16.6. The monoisotopic (exact) mass is 394 g/mol. The fourth-order valence-corrected chi connectivity index (χ4v) is 4.86. The van der Waals surface area contributed by atoms with Crippen LogP contribution in [0.15, 0.2) is 24.5 Å². The first-order valence-electron chi connectivity index (χ1n) is 10.4. The molecule has 0 unspecified atom stereocenters. The van der Waals surface area contributed by atoms with Crippen LogP contribution in [-0.4, -0.2) is 56.3 Å². The van der Waals surface area contributed by atoms with Gasteiger partial charge in [-0.25, -0.2) is 4.98 Å². The quantitative estimate of drug-likeness (QED) is 0.818. The molecule has 1 aromatic heterocycles. The van der Waals surface area contributed by atoms with E-state index in [4.69, 9.17) is 0 Å². The molecule has 29 heavy (non-hydrogen) atoms. The molecule has 2 amide bonds. The molecular formula is C22H26N4O3. The average molecular weight is 394 g/mol. The number of imidazole rings is 1. The van der Waals surface area contributed by atoms with E-state index in [1.807, 2.05) is 11.8 Å². The molecule has 7 nitrogen and oxygen atoms in total. The number of piperidine rings is 1. The van der Waals surface area contributed by atoms with Crippen molar-refractivity contribution in [2.45, 2.75) is 44.6 Å². The summed E-state index contributed by atoms with van der Waals surface area (Å²) in [5, 5.41) is 9.96. The van der Waals surface area contributed by atoms with Crippen LogP contribution in [0.2, 0.25) is 0 Å². The van der Waals surface area contributed by atoms with Crippen LogP contribution in [0.3, 0.4) is 0 Å². The van der Waals surface area contributed by atoms with E-state index < -0.39 is 5.54 Å². The molecule has 1 spiro atoms. The summed E-state index contributed by atoms with van der Waals surface area (Å²) >= 11 is 0. The second-order valence-electron chi connectivity index (χ2n) is 8.57. The van der Waals surface area contributed by atoms with Crippen molar-refractivity contribution in [1.29, 1.82) is 0 Å². The Kier molecular flexibility index (Phi) is 4.15. The van der Waals surface area contributed by atoms with Gasteiger partial charge in [0, 0.05) is 43.2 Å². The number of phenols is 1. The predicted molar refractivity (Wildman–Crippen MR) is 106 cm³/mol. The van der Waals surface area contributed by atoms with Gasteiger partial charge in [0.1, 0.15) is 5.75 Å². The Balaban J connectivity index is 1.40. The molecule has 0 bridgehead atoms. The maximum Gasteiger partial charge on any atom is 0.253 e. The fraction of sp³-hybridized carbons (Fsp3) is 0.500. The molecule has 2 fully saturated rings. The fourth-order valence-electron chi connectivity index (χ4n) is 4.86. The number of phenolic OH excluding ortho intramolecular Hbond substituents is 1. The number of fused-ring (bicyclic) bond motifs is 2. The van der Waals surface area contributed by atoms with Gasteiger partial charge in [-0.2, -0.15) is 0 Å². The number of aromatic hydroxyl groups is 1. The highest BCUT2D eigenvalue weighted by molar-refractivity contribution is 5.95. The van der Waals surface area contributed by atoms with Crippen LogP contribution < -0.4 is 0 Å². The van der Waals surface area contributed by atoms with Gasteiger partial charge in [-0.3, -0.25) is 9.59 Å². The summed E-state index contributed by atoms with van der Waals surface area (Å²) in [5.74, 6) is 0.483. The summed E-state index contributed by atoms with van der Waals surface area (Å²) in [4.78, 5) is 37.8. The van der Waals surface area contributed by atoms with Crippen LogP contribution in [0.25, 0.3) is 0 Å².